The molecule has 0 bridgehead atoms. The first-order chi connectivity index (χ1) is 6.59. The molecule has 0 spiro atoms. The average Bonchev–Trinajstić information content (AvgIpc) is 2.51. The van der Waals surface area contributed by atoms with E-state index in [9.17, 15) is 0 Å². The van der Waals surface area contributed by atoms with Crippen LogP contribution >= 0.6 is 27.3 Å². The molecule has 14 heavy (non-hydrogen) atoms. The Morgan fingerprint density at radius 1 is 1.36 bits per heavy atom. The van der Waals surface area contributed by atoms with E-state index in [4.69, 9.17) is 0 Å². The Bertz CT molecular complexity index is 275. The maximum absolute atomic E-state index is 4.36. The van der Waals surface area contributed by atoms with Crippen molar-refractivity contribution in [2.24, 2.45) is 0 Å². The Balaban J connectivity index is 2.32. The van der Waals surface area contributed by atoms with E-state index >= 15 is 0 Å². The summed E-state index contributed by atoms with van der Waals surface area (Å²) in [4.78, 5) is 8.75. The van der Waals surface area contributed by atoms with Gasteiger partial charge in [-0.3, -0.25) is 0 Å². The van der Waals surface area contributed by atoms with Gasteiger partial charge in [0.1, 0.15) is 4.60 Å². The van der Waals surface area contributed by atoms with Gasteiger partial charge in [-0.1, -0.05) is 0 Å². The highest BCUT2D eigenvalue weighted by Gasteiger charge is 2.04. The lowest BCUT2D eigenvalue weighted by atomic mass is 10.4. The molecule has 0 amide bonds. The third-order valence-electron chi connectivity index (χ3n) is 1.89. The molecule has 0 aromatic carbocycles. The van der Waals surface area contributed by atoms with Gasteiger partial charge in [0.05, 0.1) is 0 Å². The van der Waals surface area contributed by atoms with E-state index in [1.54, 1.807) is 11.3 Å². The molecule has 0 saturated heterocycles. The molecule has 1 aromatic heterocycles. The monoisotopic (exact) mass is 277 g/mol. The summed E-state index contributed by atoms with van der Waals surface area (Å²) in [5.41, 5.74) is 0. The summed E-state index contributed by atoms with van der Waals surface area (Å²) in [5.74, 6) is 0. The van der Waals surface area contributed by atoms with Gasteiger partial charge in [-0.15, -0.1) is 11.3 Å². The number of anilines is 1. The molecule has 0 fully saturated rings. The fourth-order valence-electron chi connectivity index (χ4n) is 1.14. The fraction of sp³-hybridized carbons (Fsp3) is 0.667. The number of thiazole rings is 1. The normalized spacial score (nSPS) is 10.9. The fourth-order valence-corrected chi connectivity index (χ4v) is 2.38. The maximum Gasteiger partial charge on any atom is 0.186 e. The van der Waals surface area contributed by atoms with Crippen molar-refractivity contribution in [2.75, 3.05) is 39.1 Å². The van der Waals surface area contributed by atoms with Gasteiger partial charge in [-0.05, 0) is 43.0 Å². The highest BCUT2D eigenvalue weighted by molar-refractivity contribution is 9.10. The van der Waals surface area contributed by atoms with Crippen LogP contribution in [0, 0.1) is 0 Å². The van der Waals surface area contributed by atoms with Gasteiger partial charge < -0.3 is 9.80 Å². The predicted octanol–water partition coefficient (Wildman–Crippen LogP) is 2.29. The second-order valence-electron chi connectivity index (χ2n) is 3.53. The van der Waals surface area contributed by atoms with Crippen molar-refractivity contribution in [3.8, 4) is 0 Å². The van der Waals surface area contributed by atoms with E-state index in [1.807, 2.05) is 5.38 Å². The molecule has 1 aromatic rings. The van der Waals surface area contributed by atoms with Gasteiger partial charge in [-0.2, -0.15) is 0 Å². The van der Waals surface area contributed by atoms with E-state index in [0.29, 0.717) is 0 Å². The van der Waals surface area contributed by atoms with Gasteiger partial charge in [0.15, 0.2) is 5.13 Å². The van der Waals surface area contributed by atoms with Crippen LogP contribution in [0.1, 0.15) is 6.42 Å². The molecule has 80 valence electrons. The van der Waals surface area contributed by atoms with Crippen molar-refractivity contribution >= 4 is 32.4 Å². The zero-order valence-corrected chi connectivity index (χ0v) is 11.2. The van der Waals surface area contributed by atoms with Crippen molar-refractivity contribution in [1.82, 2.24) is 9.88 Å². The average molecular weight is 278 g/mol. The molecule has 3 nitrogen and oxygen atoms in total. The van der Waals surface area contributed by atoms with Crippen molar-refractivity contribution in [3.63, 3.8) is 0 Å². The highest BCUT2D eigenvalue weighted by Crippen LogP contribution is 2.22. The Morgan fingerprint density at radius 2 is 2.07 bits per heavy atom. The largest absolute Gasteiger partial charge is 0.351 e. The van der Waals surface area contributed by atoms with Crippen molar-refractivity contribution < 1.29 is 0 Å². The molecule has 0 aliphatic rings. The summed E-state index contributed by atoms with van der Waals surface area (Å²) in [6, 6.07) is 0. The number of halogens is 1. The van der Waals surface area contributed by atoms with Crippen LogP contribution < -0.4 is 4.90 Å². The van der Waals surface area contributed by atoms with Crippen LogP contribution in [0.2, 0.25) is 0 Å². The second-order valence-corrected chi connectivity index (χ2v) is 5.18. The smallest absolute Gasteiger partial charge is 0.186 e. The van der Waals surface area contributed by atoms with Crippen LogP contribution in [-0.4, -0.2) is 44.1 Å². The van der Waals surface area contributed by atoms with Gasteiger partial charge in [0.25, 0.3) is 0 Å². The quantitative estimate of drug-likeness (QED) is 0.824. The zero-order chi connectivity index (χ0) is 10.6. The van der Waals surface area contributed by atoms with Crippen LogP contribution in [0.25, 0.3) is 0 Å². The van der Waals surface area contributed by atoms with Gasteiger partial charge in [-0.25, -0.2) is 4.98 Å². The molecule has 0 aliphatic heterocycles. The molecule has 5 heteroatoms. The summed E-state index contributed by atoms with van der Waals surface area (Å²) < 4.78 is 0.928. The molecule has 0 radical (unpaired) electrons. The number of hydrogen-bond donors (Lipinski definition) is 0. The molecule has 0 atom stereocenters. The van der Waals surface area contributed by atoms with Crippen LogP contribution in [-0.2, 0) is 0 Å². The molecule has 0 unspecified atom stereocenters. The third kappa shape index (κ3) is 3.94. The first kappa shape index (κ1) is 11.9. The first-order valence-electron chi connectivity index (χ1n) is 4.56. The maximum atomic E-state index is 4.36. The van der Waals surface area contributed by atoms with Crippen molar-refractivity contribution in [1.29, 1.82) is 0 Å². The lowest BCUT2D eigenvalue weighted by molar-refractivity contribution is 0.401. The minimum Gasteiger partial charge on any atom is -0.351 e. The first-order valence-corrected chi connectivity index (χ1v) is 6.24. The van der Waals surface area contributed by atoms with Crippen LogP contribution in [0.15, 0.2) is 9.98 Å². The molecule has 0 N–H and O–H groups in total. The molecule has 0 aliphatic carbocycles. The van der Waals surface area contributed by atoms with Crippen LogP contribution in [0.3, 0.4) is 0 Å². The third-order valence-corrected chi connectivity index (χ3v) is 3.55. The number of aromatic nitrogens is 1. The van der Waals surface area contributed by atoms with E-state index < -0.39 is 0 Å². The number of hydrogen-bond acceptors (Lipinski definition) is 4. The summed E-state index contributed by atoms with van der Waals surface area (Å²) in [5, 5.41) is 3.09. The minimum atomic E-state index is 0.928. The van der Waals surface area contributed by atoms with Gasteiger partial charge in [0, 0.05) is 19.0 Å². The zero-order valence-electron chi connectivity index (χ0n) is 8.83. The van der Waals surface area contributed by atoms with E-state index in [0.717, 1.165) is 22.8 Å². The van der Waals surface area contributed by atoms with E-state index in [1.165, 1.54) is 6.42 Å². The molecule has 1 heterocycles. The van der Waals surface area contributed by atoms with Crippen molar-refractivity contribution in [2.45, 2.75) is 6.42 Å². The second kappa shape index (κ2) is 5.68. The van der Waals surface area contributed by atoms with E-state index in [-0.39, 0.29) is 0 Å². The Morgan fingerprint density at radius 3 is 2.57 bits per heavy atom. The Hall–Kier alpha value is -0.130. The minimum absolute atomic E-state index is 0.928. The molecular formula is C9H16BrN3S. The van der Waals surface area contributed by atoms with Crippen molar-refractivity contribution in [3.05, 3.63) is 9.98 Å². The van der Waals surface area contributed by atoms with Gasteiger partial charge >= 0.3 is 0 Å². The summed E-state index contributed by atoms with van der Waals surface area (Å²) in [7, 11) is 6.28. The van der Waals surface area contributed by atoms with Crippen LogP contribution in [0.4, 0.5) is 5.13 Å². The summed E-state index contributed by atoms with van der Waals surface area (Å²) >= 11 is 5.03. The number of rotatable bonds is 5. The standard InChI is InChI=1S/C9H16BrN3S/c1-12(2)5-4-6-13(3)9-11-8(10)7-14-9/h7H,4-6H2,1-3H3. The lowest BCUT2D eigenvalue weighted by Crippen LogP contribution is -2.23. The topological polar surface area (TPSA) is 19.4 Å². The van der Waals surface area contributed by atoms with Gasteiger partial charge in [0.2, 0.25) is 0 Å². The molecular weight excluding hydrogens is 262 g/mol. The Labute approximate surface area is 97.9 Å². The summed E-state index contributed by atoms with van der Waals surface area (Å²) in [6.07, 6.45) is 1.17. The lowest BCUT2D eigenvalue weighted by Gasteiger charge is -2.17. The molecule has 0 saturated carbocycles. The summed E-state index contributed by atoms with van der Waals surface area (Å²) in [6.45, 7) is 2.18. The molecule has 1 rings (SSSR count). The SMILES string of the molecule is CN(C)CCCN(C)c1nc(Br)cs1. The number of nitrogens with zero attached hydrogens (tertiary/aromatic N) is 3. The van der Waals surface area contributed by atoms with Crippen LogP contribution in [0.5, 0.6) is 0 Å². The predicted molar refractivity (Wildman–Crippen MR) is 66.3 cm³/mol. The van der Waals surface area contributed by atoms with E-state index in [2.05, 4.69) is 51.9 Å². The Kier molecular flexibility index (Phi) is 4.84. The highest BCUT2D eigenvalue weighted by atomic mass is 79.9.